The van der Waals surface area contributed by atoms with E-state index in [2.05, 4.69) is 26.1 Å². The summed E-state index contributed by atoms with van der Waals surface area (Å²) >= 11 is 0. The van der Waals surface area contributed by atoms with Crippen molar-refractivity contribution in [1.82, 2.24) is 0 Å². The quantitative estimate of drug-likeness (QED) is 0.781. The number of rotatable bonds is 0. The molecular formula is C19H17F2NO. The lowest BCUT2D eigenvalue weighted by Crippen LogP contribution is -2.39. The first-order valence-corrected chi connectivity index (χ1v) is 7.62. The van der Waals surface area contributed by atoms with Gasteiger partial charge in [-0.3, -0.25) is 0 Å². The summed E-state index contributed by atoms with van der Waals surface area (Å²) in [7, 11) is 0. The smallest absolute Gasteiger partial charge is 0.137 e. The van der Waals surface area contributed by atoms with Gasteiger partial charge in [0.2, 0.25) is 0 Å². The van der Waals surface area contributed by atoms with Crippen molar-refractivity contribution in [3.8, 4) is 11.1 Å². The minimum absolute atomic E-state index is 0.0796. The van der Waals surface area contributed by atoms with Crippen LogP contribution in [-0.4, -0.2) is 10.6 Å². The summed E-state index contributed by atoms with van der Waals surface area (Å²) in [4.78, 5) is 0. The van der Waals surface area contributed by atoms with E-state index in [4.69, 9.17) is 0 Å². The predicted molar refractivity (Wildman–Crippen MR) is 87.6 cm³/mol. The van der Waals surface area contributed by atoms with Gasteiger partial charge in [0.05, 0.1) is 5.56 Å². The second-order valence-corrected chi connectivity index (χ2v) is 7.07. The lowest BCUT2D eigenvalue weighted by Gasteiger charge is -2.32. The zero-order chi connectivity index (χ0) is 16.5. The van der Waals surface area contributed by atoms with Crippen LogP contribution in [0.25, 0.3) is 22.5 Å². The van der Waals surface area contributed by atoms with Crippen LogP contribution in [0.3, 0.4) is 0 Å². The van der Waals surface area contributed by atoms with Gasteiger partial charge in [-0.15, -0.1) is 0 Å². The molecule has 23 heavy (non-hydrogen) atoms. The first-order valence-electron chi connectivity index (χ1n) is 7.62. The number of hydrogen-bond donors (Lipinski definition) is 2. The molecule has 0 fully saturated rings. The summed E-state index contributed by atoms with van der Waals surface area (Å²) in [5.74, 6) is -1.50. The minimum Gasteiger partial charge on any atom is -0.507 e. The molecule has 1 aliphatic carbocycles. The number of fused-ring (bicyclic) bond motifs is 4. The molecule has 118 valence electrons. The monoisotopic (exact) mass is 313 g/mol. The summed E-state index contributed by atoms with van der Waals surface area (Å²) < 4.78 is 27.7. The largest absolute Gasteiger partial charge is 0.507 e. The van der Waals surface area contributed by atoms with Crippen molar-refractivity contribution >= 4 is 17.0 Å². The van der Waals surface area contributed by atoms with Crippen molar-refractivity contribution in [2.75, 3.05) is 5.32 Å². The fourth-order valence-corrected chi connectivity index (χ4v) is 3.80. The van der Waals surface area contributed by atoms with Crippen molar-refractivity contribution in [2.45, 2.75) is 32.7 Å². The molecule has 1 heterocycles. The highest BCUT2D eigenvalue weighted by molar-refractivity contribution is 5.88. The van der Waals surface area contributed by atoms with Crippen molar-refractivity contribution in [3.63, 3.8) is 0 Å². The Morgan fingerprint density at radius 1 is 1.04 bits per heavy atom. The third-order valence-corrected chi connectivity index (χ3v) is 4.63. The molecule has 0 radical (unpaired) electrons. The average Bonchev–Trinajstić information content (AvgIpc) is 2.69. The van der Waals surface area contributed by atoms with Gasteiger partial charge in [-0.05, 0) is 61.7 Å². The van der Waals surface area contributed by atoms with Gasteiger partial charge in [0.1, 0.15) is 17.4 Å². The van der Waals surface area contributed by atoms with Crippen LogP contribution in [0, 0.1) is 11.6 Å². The summed E-state index contributed by atoms with van der Waals surface area (Å²) in [6.45, 7) is 6.29. The molecule has 2 aromatic rings. The van der Waals surface area contributed by atoms with Crippen LogP contribution in [-0.2, 0) is 0 Å². The zero-order valence-corrected chi connectivity index (χ0v) is 13.2. The Balaban J connectivity index is 2.09. The van der Waals surface area contributed by atoms with E-state index in [1.165, 1.54) is 11.6 Å². The van der Waals surface area contributed by atoms with E-state index >= 15 is 0 Å². The molecule has 2 aliphatic rings. The van der Waals surface area contributed by atoms with Crippen LogP contribution in [0.4, 0.5) is 14.5 Å². The second kappa shape index (κ2) is 4.34. The van der Waals surface area contributed by atoms with Crippen LogP contribution < -0.4 is 15.8 Å². The van der Waals surface area contributed by atoms with E-state index in [1.807, 2.05) is 12.1 Å². The van der Waals surface area contributed by atoms with Gasteiger partial charge < -0.3 is 10.4 Å². The van der Waals surface area contributed by atoms with Crippen molar-refractivity contribution in [1.29, 1.82) is 0 Å². The molecule has 2 aromatic carbocycles. The van der Waals surface area contributed by atoms with Crippen molar-refractivity contribution < 1.29 is 13.9 Å². The Morgan fingerprint density at radius 3 is 2.52 bits per heavy atom. The lowest BCUT2D eigenvalue weighted by molar-refractivity contribution is 0.499. The number of anilines is 1. The van der Waals surface area contributed by atoms with Gasteiger partial charge in [-0.2, -0.15) is 0 Å². The number of aliphatic hydroxyl groups excluding tert-OH is 1. The molecule has 1 aliphatic heterocycles. The van der Waals surface area contributed by atoms with E-state index in [9.17, 15) is 13.9 Å². The molecule has 0 amide bonds. The van der Waals surface area contributed by atoms with Gasteiger partial charge in [-0.1, -0.05) is 5.57 Å². The fourth-order valence-electron chi connectivity index (χ4n) is 3.80. The fraction of sp³-hybridized carbons (Fsp3) is 0.263. The van der Waals surface area contributed by atoms with Gasteiger partial charge in [-0.25, -0.2) is 8.78 Å². The maximum absolute atomic E-state index is 14.1. The van der Waals surface area contributed by atoms with E-state index in [1.54, 1.807) is 0 Å². The van der Waals surface area contributed by atoms with E-state index in [-0.39, 0.29) is 16.9 Å². The van der Waals surface area contributed by atoms with E-state index < -0.39 is 11.6 Å². The van der Waals surface area contributed by atoms with Crippen LogP contribution >= 0.6 is 0 Å². The Labute approximate surface area is 132 Å². The van der Waals surface area contributed by atoms with Crippen molar-refractivity contribution in [2.24, 2.45) is 0 Å². The number of hydrogen-bond acceptors (Lipinski definition) is 2. The molecule has 0 saturated carbocycles. The first kappa shape index (κ1) is 14.2. The van der Waals surface area contributed by atoms with E-state index in [0.29, 0.717) is 16.3 Å². The Bertz CT molecular complexity index is 989. The van der Waals surface area contributed by atoms with Crippen LogP contribution in [0.2, 0.25) is 0 Å². The van der Waals surface area contributed by atoms with Crippen LogP contribution in [0.15, 0.2) is 24.3 Å². The number of aliphatic hydroxyl groups is 1. The molecule has 0 spiro atoms. The second-order valence-electron chi connectivity index (χ2n) is 7.07. The molecule has 0 bridgehead atoms. The Kier molecular flexibility index (Phi) is 2.69. The number of benzene rings is 2. The molecule has 2 nitrogen and oxygen atoms in total. The molecule has 4 rings (SSSR count). The van der Waals surface area contributed by atoms with E-state index in [0.717, 1.165) is 23.4 Å². The molecule has 0 atom stereocenters. The summed E-state index contributed by atoms with van der Waals surface area (Å²) in [6.07, 6.45) is 0.888. The molecule has 0 unspecified atom stereocenters. The van der Waals surface area contributed by atoms with Gasteiger partial charge in [0.25, 0.3) is 0 Å². The zero-order valence-electron chi connectivity index (χ0n) is 13.2. The molecule has 2 N–H and O–H groups in total. The standard InChI is InChI=1S/C19H17F2NO/c1-9-8-19(2,3)22-16-7-14-12(6-11(9)16)13-4-10(20)5-15(21)17(13)18(14)23/h4-7,22-23H,8H2,1-3H3. The third kappa shape index (κ3) is 1.97. The van der Waals surface area contributed by atoms with Crippen LogP contribution in [0.5, 0.6) is 0 Å². The predicted octanol–water partition coefficient (Wildman–Crippen LogP) is 3.42. The number of nitrogens with one attached hydrogen (secondary N) is 1. The Hall–Kier alpha value is -2.36. The highest BCUT2D eigenvalue weighted by atomic mass is 19.1. The van der Waals surface area contributed by atoms with Gasteiger partial charge in [0.15, 0.2) is 0 Å². The third-order valence-electron chi connectivity index (χ3n) is 4.63. The Morgan fingerprint density at radius 2 is 1.78 bits per heavy atom. The minimum atomic E-state index is -0.735. The van der Waals surface area contributed by atoms with Crippen LogP contribution in [0.1, 0.15) is 32.8 Å². The topological polar surface area (TPSA) is 32.3 Å². The lowest BCUT2D eigenvalue weighted by atomic mass is 9.89. The molecule has 0 aromatic heterocycles. The maximum Gasteiger partial charge on any atom is 0.137 e. The van der Waals surface area contributed by atoms with Gasteiger partial charge in [0, 0.05) is 22.5 Å². The van der Waals surface area contributed by atoms with Crippen molar-refractivity contribution in [3.05, 3.63) is 51.9 Å². The molecule has 0 saturated heterocycles. The highest BCUT2D eigenvalue weighted by Crippen LogP contribution is 2.34. The summed E-state index contributed by atoms with van der Waals surface area (Å²) in [6, 6.07) is 5.84. The SMILES string of the molecule is CC1=c2cc3c(cc2NC(C)(C)C1)=C(O)c1c(F)cc(F)cc1-3. The highest BCUT2D eigenvalue weighted by Gasteiger charge is 2.28. The molecule has 4 heteroatoms. The average molecular weight is 313 g/mol. The first-order chi connectivity index (χ1) is 10.8. The molecular weight excluding hydrogens is 296 g/mol. The maximum atomic E-state index is 14.1. The van der Waals surface area contributed by atoms with Gasteiger partial charge >= 0.3 is 0 Å². The summed E-state index contributed by atoms with van der Waals surface area (Å²) in [5.41, 5.74) is 3.23. The number of halogens is 2. The summed E-state index contributed by atoms with van der Waals surface area (Å²) in [5, 5.41) is 15.5. The normalized spacial score (nSPS) is 17.4.